The average molecular weight is 515 g/mol. The molecule has 5 nitrogen and oxygen atoms in total. The zero-order chi connectivity index (χ0) is 26.2. The Bertz CT molecular complexity index is 1150. The summed E-state index contributed by atoms with van der Waals surface area (Å²) in [5.74, 6) is 1.93. The summed E-state index contributed by atoms with van der Waals surface area (Å²) in [6.45, 7) is 6.17. The molecule has 3 atom stereocenters. The molecule has 8 heteroatoms. The Kier molecular flexibility index (Phi) is 5.79. The Labute approximate surface area is 216 Å². The molecule has 2 aromatic rings. The summed E-state index contributed by atoms with van der Waals surface area (Å²) in [5, 5.41) is 11.7. The third kappa shape index (κ3) is 4.70. The molecule has 37 heavy (non-hydrogen) atoms. The number of alkyl halides is 3. The van der Waals surface area contributed by atoms with Crippen molar-refractivity contribution in [3.05, 3.63) is 53.3 Å². The molecule has 2 N–H and O–H groups in total. The number of benzene rings is 1. The van der Waals surface area contributed by atoms with Crippen LogP contribution in [0.1, 0.15) is 94.5 Å². The van der Waals surface area contributed by atoms with Gasteiger partial charge in [0.1, 0.15) is 0 Å². The second-order valence-corrected chi connectivity index (χ2v) is 13.2. The van der Waals surface area contributed by atoms with Gasteiger partial charge in [-0.25, -0.2) is 0 Å². The average Bonchev–Trinajstić information content (AvgIpc) is 3.45. The molecule has 1 aliphatic heterocycles. The van der Waals surface area contributed by atoms with Crippen molar-refractivity contribution in [2.45, 2.75) is 101 Å². The van der Waals surface area contributed by atoms with Crippen LogP contribution in [0.2, 0.25) is 0 Å². The predicted octanol–water partition coefficient (Wildman–Crippen LogP) is 5.93. The zero-order valence-electron chi connectivity index (χ0n) is 21.8. The van der Waals surface area contributed by atoms with Gasteiger partial charge in [0.15, 0.2) is 0 Å². The van der Waals surface area contributed by atoms with E-state index in [1.54, 1.807) is 6.07 Å². The maximum atomic E-state index is 13.7. The minimum Gasteiger partial charge on any atom is -0.349 e. The number of nitrogens with one attached hydrogen (secondary N) is 2. The van der Waals surface area contributed by atoms with E-state index in [0.29, 0.717) is 12.0 Å². The lowest BCUT2D eigenvalue weighted by Crippen LogP contribution is -2.62. The Morgan fingerprint density at radius 2 is 1.68 bits per heavy atom. The van der Waals surface area contributed by atoms with Crippen LogP contribution in [0.5, 0.6) is 0 Å². The highest BCUT2D eigenvalue weighted by molar-refractivity contribution is 5.83. The lowest BCUT2D eigenvalue weighted by molar-refractivity contribution is -0.137. The topological polar surface area (TPSA) is 59.0 Å². The molecule has 4 bridgehead atoms. The van der Waals surface area contributed by atoms with Crippen LogP contribution in [0.3, 0.4) is 0 Å². The van der Waals surface area contributed by atoms with E-state index in [2.05, 4.69) is 31.4 Å². The number of hydrogen-bond donors (Lipinski definition) is 2. The molecule has 1 saturated heterocycles. The maximum absolute atomic E-state index is 13.7. The summed E-state index contributed by atoms with van der Waals surface area (Å²) < 4.78 is 42.5. The number of rotatable bonds is 4. The van der Waals surface area contributed by atoms with E-state index in [9.17, 15) is 18.0 Å². The molecule has 1 amide bonds. The molecule has 0 spiro atoms. The number of nitrogens with zero attached hydrogens (tertiary/aromatic N) is 2. The van der Waals surface area contributed by atoms with E-state index in [1.807, 2.05) is 16.9 Å². The van der Waals surface area contributed by atoms with Crippen LogP contribution < -0.4 is 10.6 Å². The quantitative estimate of drug-likeness (QED) is 0.532. The predicted molar refractivity (Wildman–Crippen MR) is 135 cm³/mol. The zero-order valence-corrected chi connectivity index (χ0v) is 21.8. The highest BCUT2D eigenvalue weighted by Crippen LogP contribution is 2.55. The molecule has 2 heterocycles. The van der Waals surface area contributed by atoms with Crippen LogP contribution in [-0.2, 0) is 16.5 Å². The second-order valence-electron chi connectivity index (χ2n) is 13.2. The molecule has 7 rings (SSSR count). The van der Waals surface area contributed by atoms with Gasteiger partial charge in [-0.3, -0.25) is 14.8 Å². The van der Waals surface area contributed by atoms with E-state index in [-0.39, 0.29) is 22.9 Å². The van der Waals surface area contributed by atoms with Crippen molar-refractivity contribution in [3.8, 4) is 0 Å². The number of aromatic nitrogens is 2. The van der Waals surface area contributed by atoms with Crippen LogP contribution in [0.25, 0.3) is 0 Å². The summed E-state index contributed by atoms with van der Waals surface area (Å²) >= 11 is 0. The van der Waals surface area contributed by atoms with Gasteiger partial charge in [-0.15, -0.1) is 0 Å². The van der Waals surface area contributed by atoms with E-state index in [0.717, 1.165) is 48.8 Å². The van der Waals surface area contributed by atoms with Gasteiger partial charge in [0.25, 0.3) is 0 Å². The smallest absolute Gasteiger partial charge is 0.349 e. The van der Waals surface area contributed by atoms with Crippen LogP contribution >= 0.6 is 0 Å². The normalized spacial score (nSPS) is 35.2. The number of carbonyl (C=O) groups is 1. The molecule has 4 saturated carbocycles. The summed E-state index contributed by atoms with van der Waals surface area (Å²) in [4.78, 5) is 13.7. The van der Waals surface area contributed by atoms with E-state index >= 15 is 0 Å². The standard InChI is InChI=1S/C29H37F3N4O/c1-27(2,3)36-8-7-23(35-36)22-13-24(33-25(22)20-5-4-6-21(12-20)29(30,31)32)26(37)34-28-14-17-9-18(15-28)11-19(10-17)16-28/h4-8,12,17-19,22,24-25,33H,9-11,13-16H2,1-3H3,(H,34,37)/t17?,18?,19?,22-,24+,25+,28?/m1/s1. The van der Waals surface area contributed by atoms with Gasteiger partial charge >= 0.3 is 6.18 Å². The van der Waals surface area contributed by atoms with Gasteiger partial charge in [0.05, 0.1) is 22.8 Å². The first-order valence-electron chi connectivity index (χ1n) is 13.7. The number of hydrogen-bond acceptors (Lipinski definition) is 3. The maximum Gasteiger partial charge on any atom is 0.416 e. The van der Waals surface area contributed by atoms with Crippen molar-refractivity contribution in [1.29, 1.82) is 0 Å². The first-order chi connectivity index (χ1) is 17.4. The lowest BCUT2D eigenvalue weighted by atomic mass is 9.53. The van der Waals surface area contributed by atoms with Crippen molar-refractivity contribution in [2.75, 3.05) is 0 Å². The summed E-state index contributed by atoms with van der Waals surface area (Å²) in [6.07, 6.45) is 5.08. The van der Waals surface area contributed by atoms with Gasteiger partial charge in [-0.2, -0.15) is 18.3 Å². The van der Waals surface area contributed by atoms with Crippen molar-refractivity contribution in [1.82, 2.24) is 20.4 Å². The van der Waals surface area contributed by atoms with Gasteiger partial charge in [0.2, 0.25) is 5.91 Å². The molecule has 4 aliphatic carbocycles. The van der Waals surface area contributed by atoms with Gasteiger partial charge in [-0.1, -0.05) is 12.1 Å². The number of halogens is 3. The van der Waals surface area contributed by atoms with Crippen molar-refractivity contribution in [2.24, 2.45) is 17.8 Å². The highest BCUT2D eigenvalue weighted by atomic mass is 19.4. The fourth-order valence-corrected chi connectivity index (χ4v) is 8.02. The number of carbonyl (C=O) groups excluding carboxylic acids is 1. The highest BCUT2D eigenvalue weighted by Gasteiger charge is 2.52. The molecule has 5 aliphatic rings. The van der Waals surface area contributed by atoms with Crippen LogP contribution in [0, 0.1) is 17.8 Å². The molecule has 5 fully saturated rings. The molecular formula is C29H37F3N4O. The molecule has 200 valence electrons. The third-order valence-corrected chi connectivity index (χ3v) is 9.27. The molecular weight excluding hydrogens is 477 g/mol. The summed E-state index contributed by atoms with van der Waals surface area (Å²) in [5.41, 5.74) is 0.341. The van der Waals surface area contributed by atoms with E-state index in [4.69, 9.17) is 5.10 Å². The lowest BCUT2D eigenvalue weighted by Gasteiger charge is -2.57. The first-order valence-corrected chi connectivity index (χ1v) is 13.7. The van der Waals surface area contributed by atoms with Gasteiger partial charge in [-0.05, 0) is 107 Å². The van der Waals surface area contributed by atoms with Crippen molar-refractivity contribution >= 4 is 5.91 Å². The minimum atomic E-state index is -4.42. The van der Waals surface area contributed by atoms with Crippen molar-refractivity contribution < 1.29 is 18.0 Å². The van der Waals surface area contributed by atoms with Gasteiger partial charge < -0.3 is 5.32 Å². The van der Waals surface area contributed by atoms with Crippen LogP contribution in [-0.4, -0.2) is 27.3 Å². The largest absolute Gasteiger partial charge is 0.416 e. The van der Waals surface area contributed by atoms with Crippen molar-refractivity contribution in [3.63, 3.8) is 0 Å². The SMILES string of the molecule is CC(C)(C)n1ccc([C@H]2C[C@@H](C(=O)NC34CC5CC(CC(C5)C3)C4)N[C@H]2c2cccc(C(F)(F)F)c2)n1. The van der Waals surface area contributed by atoms with E-state index in [1.165, 1.54) is 31.4 Å². The van der Waals surface area contributed by atoms with Crippen LogP contribution in [0.4, 0.5) is 13.2 Å². The third-order valence-electron chi connectivity index (χ3n) is 9.27. The van der Waals surface area contributed by atoms with Crippen LogP contribution in [0.15, 0.2) is 36.5 Å². The molecule has 0 unspecified atom stereocenters. The van der Waals surface area contributed by atoms with E-state index < -0.39 is 23.8 Å². The fraction of sp³-hybridized carbons (Fsp3) is 0.655. The summed E-state index contributed by atoms with van der Waals surface area (Å²) in [6, 6.07) is 6.52. The minimum absolute atomic E-state index is 0.0170. The first kappa shape index (κ1) is 25.0. The fourth-order valence-electron chi connectivity index (χ4n) is 8.02. The second kappa shape index (κ2) is 8.58. The Morgan fingerprint density at radius 3 is 2.24 bits per heavy atom. The Balaban J connectivity index is 1.28. The van der Waals surface area contributed by atoms with Gasteiger partial charge in [0, 0.05) is 23.7 Å². The molecule has 1 aromatic carbocycles. The summed E-state index contributed by atoms with van der Waals surface area (Å²) in [7, 11) is 0. The monoisotopic (exact) mass is 514 g/mol. The Hall–Kier alpha value is -2.35. The number of amides is 1. The Morgan fingerprint density at radius 1 is 1.03 bits per heavy atom. The molecule has 0 radical (unpaired) electrons. The molecule has 1 aromatic heterocycles.